The minimum atomic E-state index is -0.0590. The van der Waals surface area contributed by atoms with Gasteiger partial charge in [-0.2, -0.15) is 0 Å². The van der Waals surface area contributed by atoms with Crippen LogP contribution >= 0.6 is 0 Å². The summed E-state index contributed by atoms with van der Waals surface area (Å²) in [6, 6.07) is 9.09. The van der Waals surface area contributed by atoms with E-state index in [1.807, 2.05) is 12.2 Å². The van der Waals surface area contributed by atoms with Crippen LogP contribution < -0.4 is 0 Å². The largest absolute Gasteiger partial charge is 0.484 e. The number of allylic oxidation sites excluding steroid dienone is 3. The van der Waals surface area contributed by atoms with Gasteiger partial charge < -0.3 is 9.64 Å². The number of nitrogens with zero attached hydrogens (tertiary/aromatic N) is 1. The first-order chi connectivity index (χ1) is 14.8. The smallest absolute Gasteiger partial charge is 0.141 e. The van der Waals surface area contributed by atoms with Crippen molar-refractivity contribution in [1.29, 1.82) is 0 Å². The Morgan fingerprint density at radius 1 is 1.10 bits per heavy atom. The molecular formula is C29H43NO. The van der Waals surface area contributed by atoms with E-state index in [2.05, 4.69) is 89.1 Å². The molecule has 170 valence electrons. The Balaban J connectivity index is 2.44. The van der Waals surface area contributed by atoms with E-state index in [0.717, 1.165) is 56.6 Å². The van der Waals surface area contributed by atoms with Crippen molar-refractivity contribution >= 4 is 0 Å². The van der Waals surface area contributed by atoms with Gasteiger partial charge in [0.05, 0.1) is 5.70 Å². The lowest BCUT2D eigenvalue weighted by Gasteiger charge is -2.35. The molecule has 31 heavy (non-hydrogen) atoms. The minimum Gasteiger partial charge on any atom is -0.484 e. The first kappa shape index (κ1) is 25.1. The highest BCUT2D eigenvalue weighted by Crippen LogP contribution is 2.32. The maximum absolute atomic E-state index is 6.62. The summed E-state index contributed by atoms with van der Waals surface area (Å²) < 4.78 is 6.62. The number of benzene rings is 1. The van der Waals surface area contributed by atoms with Crippen LogP contribution in [0.4, 0.5) is 0 Å². The zero-order valence-electron chi connectivity index (χ0n) is 20.8. The van der Waals surface area contributed by atoms with Crippen molar-refractivity contribution in [1.82, 2.24) is 4.90 Å². The average Bonchev–Trinajstić information content (AvgIpc) is 2.76. The second-order valence-electron chi connectivity index (χ2n) is 9.70. The van der Waals surface area contributed by atoms with Crippen molar-refractivity contribution in [2.24, 2.45) is 0 Å². The fourth-order valence-electron chi connectivity index (χ4n) is 4.14. The van der Waals surface area contributed by atoms with Crippen molar-refractivity contribution in [2.75, 3.05) is 6.54 Å². The average molecular weight is 422 g/mol. The van der Waals surface area contributed by atoms with Gasteiger partial charge in [-0.05, 0) is 54.7 Å². The van der Waals surface area contributed by atoms with Crippen LogP contribution in [0.25, 0.3) is 0 Å². The van der Waals surface area contributed by atoms with Gasteiger partial charge in [-0.25, -0.2) is 0 Å². The Labute approximate surface area is 191 Å². The van der Waals surface area contributed by atoms with Gasteiger partial charge in [0.1, 0.15) is 11.4 Å². The Morgan fingerprint density at radius 2 is 1.77 bits per heavy atom. The predicted molar refractivity (Wildman–Crippen MR) is 134 cm³/mol. The third-order valence-electron chi connectivity index (χ3n) is 6.45. The van der Waals surface area contributed by atoms with Crippen LogP contribution in [-0.4, -0.2) is 17.0 Å². The molecule has 0 unspecified atom stereocenters. The summed E-state index contributed by atoms with van der Waals surface area (Å²) in [5, 5.41) is 0. The lowest BCUT2D eigenvalue weighted by molar-refractivity contribution is -0.0183. The Kier molecular flexibility index (Phi) is 9.26. The summed E-state index contributed by atoms with van der Waals surface area (Å²) in [6.45, 7) is 19.2. The fraction of sp³-hybridized carbons (Fsp3) is 0.552. The fourth-order valence-corrected chi connectivity index (χ4v) is 4.14. The van der Waals surface area contributed by atoms with Crippen molar-refractivity contribution in [3.63, 3.8) is 0 Å². The molecule has 0 amide bonds. The minimum absolute atomic E-state index is 0.0590. The van der Waals surface area contributed by atoms with E-state index in [4.69, 9.17) is 4.74 Å². The summed E-state index contributed by atoms with van der Waals surface area (Å²) in [6.07, 6.45) is 12.3. The molecule has 0 spiro atoms. The van der Waals surface area contributed by atoms with E-state index < -0.39 is 0 Å². The van der Waals surface area contributed by atoms with E-state index in [9.17, 15) is 0 Å². The number of ether oxygens (including phenoxy) is 1. The summed E-state index contributed by atoms with van der Waals surface area (Å²) in [4.78, 5) is 2.44. The van der Waals surface area contributed by atoms with Crippen LogP contribution in [0.3, 0.4) is 0 Å². The first-order valence-electron chi connectivity index (χ1n) is 12.1. The molecule has 0 fully saturated rings. The van der Waals surface area contributed by atoms with Crippen LogP contribution in [0.1, 0.15) is 91.2 Å². The molecule has 2 heteroatoms. The second-order valence-corrected chi connectivity index (χ2v) is 9.70. The lowest BCUT2D eigenvalue weighted by Crippen LogP contribution is -2.32. The van der Waals surface area contributed by atoms with E-state index in [-0.39, 0.29) is 11.0 Å². The Bertz CT molecular complexity index is 796. The molecule has 0 saturated heterocycles. The number of hydrogen-bond acceptors (Lipinski definition) is 2. The third-order valence-corrected chi connectivity index (χ3v) is 6.45. The summed E-state index contributed by atoms with van der Waals surface area (Å²) in [5.41, 5.74) is 7.54. The molecule has 2 nitrogen and oxygen atoms in total. The van der Waals surface area contributed by atoms with Gasteiger partial charge in [0.25, 0.3) is 0 Å². The quantitative estimate of drug-likeness (QED) is 0.326. The zero-order chi connectivity index (χ0) is 22.9. The monoisotopic (exact) mass is 421 g/mol. The topological polar surface area (TPSA) is 12.5 Å². The molecule has 0 aliphatic carbocycles. The maximum atomic E-state index is 6.62. The first-order valence-corrected chi connectivity index (χ1v) is 12.1. The highest BCUT2D eigenvalue weighted by Gasteiger charge is 2.29. The highest BCUT2D eigenvalue weighted by atomic mass is 16.5. The SMILES string of the molecule is C=C/C=C\C1=C=C(CC)OC(CC)(CC)CCCCN1Cc1ccc(C(C)(C)C)cc1. The molecule has 1 aromatic rings. The molecule has 1 heterocycles. The molecule has 0 atom stereocenters. The Morgan fingerprint density at radius 3 is 2.32 bits per heavy atom. The predicted octanol–water partition coefficient (Wildman–Crippen LogP) is 8.06. The normalized spacial score (nSPS) is 17.7. The lowest BCUT2D eigenvalue weighted by atomic mass is 9.86. The van der Waals surface area contributed by atoms with Crippen molar-refractivity contribution < 1.29 is 4.74 Å². The van der Waals surface area contributed by atoms with Gasteiger partial charge >= 0.3 is 0 Å². The molecular weight excluding hydrogens is 378 g/mol. The number of hydrogen-bond donors (Lipinski definition) is 0. The summed E-state index contributed by atoms with van der Waals surface area (Å²) >= 11 is 0. The van der Waals surface area contributed by atoms with Crippen LogP contribution in [0.2, 0.25) is 0 Å². The van der Waals surface area contributed by atoms with Gasteiger partial charge in [0.2, 0.25) is 0 Å². The van der Waals surface area contributed by atoms with Crippen LogP contribution in [0.15, 0.2) is 66.3 Å². The third kappa shape index (κ3) is 7.18. The molecule has 0 radical (unpaired) electrons. The Hall–Kier alpha value is -2.18. The standard InChI is InChI=1S/C29H43NO/c1-8-12-15-26-22-27(9-2)31-29(10-3,11-4)20-13-14-21-30(26)23-24-16-18-25(19-17-24)28(5,6)7/h8,12,15-19H,1,9-11,13-14,20-21,23H2,2-7H3/b15-12-. The van der Waals surface area contributed by atoms with Crippen LogP contribution in [0.5, 0.6) is 0 Å². The molecule has 2 rings (SSSR count). The van der Waals surface area contributed by atoms with Crippen molar-refractivity contribution in [3.05, 3.63) is 77.4 Å². The maximum Gasteiger partial charge on any atom is 0.141 e. The van der Waals surface area contributed by atoms with E-state index in [1.165, 1.54) is 17.5 Å². The molecule has 1 aromatic carbocycles. The molecule has 0 bridgehead atoms. The van der Waals surface area contributed by atoms with Gasteiger partial charge in [-0.1, -0.05) is 90.3 Å². The van der Waals surface area contributed by atoms with Gasteiger partial charge in [-0.15, -0.1) is 0 Å². The molecule has 1 aliphatic rings. The number of rotatable bonds is 7. The van der Waals surface area contributed by atoms with E-state index in [1.54, 1.807) is 0 Å². The van der Waals surface area contributed by atoms with E-state index in [0.29, 0.717) is 0 Å². The van der Waals surface area contributed by atoms with Gasteiger partial charge in [-0.3, -0.25) is 0 Å². The van der Waals surface area contributed by atoms with Crippen LogP contribution in [0, 0.1) is 0 Å². The summed E-state index contributed by atoms with van der Waals surface area (Å²) in [5.74, 6) is 0.961. The van der Waals surface area contributed by atoms with Crippen molar-refractivity contribution in [2.45, 2.75) is 97.6 Å². The summed E-state index contributed by atoms with van der Waals surface area (Å²) in [7, 11) is 0. The van der Waals surface area contributed by atoms with Gasteiger partial charge in [0, 0.05) is 19.5 Å². The second kappa shape index (κ2) is 11.4. The highest BCUT2D eigenvalue weighted by molar-refractivity contribution is 5.29. The molecule has 0 saturated carbocycles. The molecule has 1 aliphatic heterocycles. The molecule has 0 N–H and O–H groups in total. The molecule has 0 aromatic heterocycles. The van der Waals surface area contributed by atoms with Crippen LogP contribution in [-0.2, 0) is 16.7 Å². The van der Waals surface area contributed by atoms with Gasteiger partial charge in [0.15, 0.2) is 0 Å². The van der Waals surface area contributed by atoms with E-state index >= 15 is 0 Å². The van der Waals surface area contributed by atoms with Crippen molar-refractivity contribution in [3.8, 4) is 0 Å². The zero-order valence-corrected chi connectivity index (χ0v) is 20.8.